The van der Waals surface area contributed by atoms with Crippen LogP contribution < -0.4 is 16.0 Å². The number of piperidine rings is 2. The zero-order valence-corrected chi connectivity index (χ0v) is 35.4. The van der Waals surface area contributed by atoms with Crippen LogP contribution in [0.5, 0.6) is 0 Å². The van der Waals surface area contributed by atoms with Gasteiger partial charge < -0.3 is 20.6 Å². The van der Waals surface area contributed by atoms with Crippen LogP contribution in [0.2, 0.25) is 0 Å². The maximum atomic E-state index is 13.9. The van der Waals surface area contributed by atoms with Gasteiger partial charge in [-0.3, -0.25) is 34.2 Å². The summed E-state index contributed by atoms with van der Waals surface area (Å²) in [5.74, 6) is -4.42. The molecule has 8 rings (SSSR count). The number of benzene rings is 2. The predicted molar refractivity (Wildman–Crippen MR) is 227 cm³/mol. The molecule has 322 valence electrons. The number of amides is 5. The Labute approximate surface area is 356 Å². The number of hydrogen-bond acceptors (Lipinski definition) is 11. The molecule has 16 heteroatoms. The monoisotopic (exact) mass is 855 g/mol. The van der Waals surface area contributed by atoms with Gasteiger partial charge in [0.1, 0.15) is 17.4 Å². The zero-order chi connectivity index (χ0) is 43.2. The minimum Gasteiger partial charge on any atom is -0.386 e. The first-order chi connectivity index (χ1) is 29.0. The predicted octanol–water partition coefficient (Wildman–Crippen LogP) is 7.17. The summed E-state index contributed by atoms with van der Waals surface area (Å²) in [4.78, 5) is 76.4. The number of halogens is 2. The van der Waals surface area contributed by atoms with Gasteiger partial charge in [0.2, 0.25) is 11.8 Å². The van der Waals surface area contributed by atoms with E-state index in [1.54, 1.807) is 55.5 Å². The van der Waals surface area contributed by atoms with E-state index in [4.69, 9.17) is 4.98 Å². The quantitative estimate of drug-likeness (QED) is 0.107. The average molecular weight is 856 g/mol. The second-order valence-corrected chi connectivity index (χ2v) is 18.6. The van der Waals surface area contributed by atoms with Crippen LogP contribution in [-0.2, 0) is 21.1 Å². The highest BCUT2D eigenvalue weighted by molar-refractivity contribution is 7.18. The Hall–Kier alpha value is -5.19. The zero-order valence-electron chi connectivity index (χ0n) is 34.6. The lowest BCUT2D eigenvalue weighted by molar-refractivity contribution is -0.136. The Kier molecular flexibility index (Phi) is 11.8. The molecule has 3 fully saturated rings. The van der Waals surface area contributed by atoms with Gasteiger partial charge in [-0.2, -0.15) is 8.78 Å². The van der Waals surface area contributed by atoms with Gasteiger partial charge in [0.05, 0.1) is 32.0 Å². The third-order valence-corrected chi connectivity index (χ3v) is 13.8. The van der Waals surface area contributed by atoms with Gasteiger partial charge in [-0.1, -0.05) is 12.1 Å². The fourth-order valence-electron chi connectivity index (χ4n) is 9.26. The van der Waals surface area contributed by atoms with Gasteiger partial charge in [0.25, 0.3) is 23.6 Å². The van der Waals surface area contributed by atoms with Crippen molar-refractivity contribution < 1.29 is 37.9 Å². The maximum absolute atomic E-state index is 13.9. The summed E-state index contributed by atoms with van der Waals surface area (Å²) in [5.41, 5.74) is 0.787. The maximum Gasteiger partial charge on any atom is 0.287 e. The Bertz CT molecular complexity index is 2380. The van der Waals surface area contributed by atoms with Crippen LogP contribution in [0.3, 0.4) is 0 Å². The van der Waals surface area contributed by atoms with Gasteiger partial charge in [-0.15, -0.1) is 11.3 Å². The summed E-state index contributed by atoms with van der Waals surface area (Å²) in [6.07, 6.45) is 7.57. The number of nitrogens with zero attached hydrogens (tertiary/aromatic N) is 4. The number of nitrogens with one attached hydrogen (secondary N) is 3. The Morgan fingerprint density at radius 1 is 0.902 bits per heavy atom. The van der Waals surface area contributed by atoms with E-state index in [0.717, 1.165) is 91.6 Å². The summed E-state index contributed by atoms with van der Waals surface area (Å²) in [7, 11) is 0. The van der Waals surface area contributed by atoms with E-state index in [1.807, 2.05) is 0 Å². The van der Waals surface area contributed by atoms with Crippen LogP contribution in [0.15, 0.2) is 48.5 Å². The normalized spacial score (nSPS) is 21.8. The molecule has 2 aromatic heterocycles. The highest BCUT2D eigenvalue weighted by atomic mass is 32.1. The molecule has 0 spiro atoms. The highest BCUT2D eigenvalue weighted by Crippen LogP contribution is 2.42. The molecule has 0 bridgehead atoms. The molecule has 4 aromatic rings. The number of rotatable bonds is 12. The molecule has 5 heterocycles. The number of alkyl halides is 2. The number of carbonyl (C=O) groups is 5. The van der Waals surface area contributed by atoms with Gasteiger partial charge in [-0.05, 0) is 127 Å². The van der Waals surface area contributed by atoms with E-state index in [0.29, 0.717) is 41.2 Å². The lowest BCUT2D eigenvalue weighted by Gasteiger charge is -2.36. The van der Waals surface area contributed by atoms with Crippen molar-refractivity contribution in [2.45, 2.75) is 102 Å². The number of pyridine rings is 1. The Morgan fingerprint density at radius 2 is 1.64 bits per heavy atom. The molecule has 1 aliphatic carbocycles. The van der Waals surface area contributed by atoms with Crippen molar-refractivity contribution in [3.8, 4) is 0 Å². The van der Waals surface area contributed by atoms with E-state index < -0.39 is 52.8 Å². The van der Waals surface area contributed by atoms with Gasteiger partial charge >= 0.3 is 0 Å². The number of aliphatic hydroxyl groups is 1. The second-order valence-electron chi connectivity index (χ2n) is 17.6. The SMILES string of the molecule is CC(C)(O)c1cc2nc(C3CCC(CN4CCC(CCNc5cccc6c5C(=O)N(C5CCC(=O)NC5=O)C6=O)CC4)CC3)sc2cc1NC(=O)c1cccc(C(C)(F)F)n1. The van der Waals surface area contributed by atoms with Crippen LogP contribution >= 0.6 is 11.3 Å². The smallest absolute Gasteiger partial charge is 0.287 e. The van der Waals surface area contributed by atoms with Gasteiger partial charge in [0, 0.05) is 49.3 Å². The first-order valence-corrected chi connectivity index (χ1v) is 22.0. The molecule has 1 saturated carbocycles. The average Bonchev–Trinajstić information content (AvgIpc) is 3.75. The second kappa shape index (κ2) is 16.9. The molecular weight excluding hydrogens is 805 g/mol. The minimum atomic E-state index is -3.19. The molecule has 3 aliphatic heterocycles. The van der Waals surface area contributed by atoms with Crippen molar-refractivity contribution in [2.75, 3.05) is 36.8 Å². The molecule has 1 unspecified atom stereocenters. The van der Waals surface area contributed by atoms with Gasteiger partial charge in [-0.25, -0.2) is 9.97 Å². The summed E-state index contributed by atoms with van der Waals surface area (Å²) in [6, 6.07) is 11.7. The first kappa shape index (κ1) is 42.5. The minimum absolute atomic E-state index is 0.0771. The van der Waals surface area contributed by atoms with Crippen molar-refractivity contribution in [3.05, 3.63) is 81.6 Å². The standard InChI is InChI=1S/C45H51F2N7O6S/c1-44(2,60)29-22-33-35(23-32(29)50-39(56)31-8-5-9-36(49-31)45(3,46)47)61-41(51-33)27-12-10-26(11-13-27)24-53-20-17-25(18-21-53)16-19-48-30-7-4-6-28-38(30)43(59)54(42(28)58)34-14-15-37(55)52-40(34)57/h4-9,22-23,25-27,34,48,60H,10-21,24H2,1-3H3,(H,50,56)(H,52,55,57). The third kappa shape index (κ3) is 9.07. The largest absolute Gasteiger partial charge is 0.386 e. The Morgan fingerprint density at radius 3 is 2.34 bits per heavy atom. The number of aromatic nitrogens is 2. The molecule has 61 heavy (non-hydrogen) atoms. The molecule has 0 radical (unpaired) electrons. The number of thiazole rings is 1. The molecule has 5 amide bonds. The molecular formula is C45H51F2N7O6S. The lowest BCUT2D eigenvalue weighted by atomic mass is 9.81. The number of anilines is 2. The van der Waals surface area contributed by atoms with Crippen LogP contribution in [0.4, 0.5) is 20.2 Å². The number of imide groups is 2. The molecule has 2 saturated heterocycles. The summed E-state index contributed by atoms with van der Waals surface area (Å²) in [6.45, 7) is 7.78. The molecule has 4 aliphatic rings. The Balaban J connectivity index is 0.811. The van der Waals surface area contributed by atoms with Crippen molar-refractivity contribution >= 4 is 62.5 Å². The van der Waals surface area contributed by atoms with E-state index in [-0.39, 0.29) is 29.7 Å². The van der Waals surface area contributed by atoms with Crippen molar-refractivity contribution in [1.29, 1.82) is 0 Å². The highest BCUT2D eigenvalue weighted by Gasteiger charge is 2.45. The van der Waals surface area contributed by atoms with E-state index in [1.165, 1.54) is 18.2 Å². The molecule has 4 N–H and O–H groups in total. The molecule has 1 atom stereocenters. The van der Waals surface area contributed by atoms with Crippen LogP contribution in [0.25, 0.3) is 10.2 Å². The third-order valence-electron chi connectivity index (χ3n) is 12.6. The number of likely N-dealkylation sites (tertiary alicyclic amines) is 1. The first-order valence-electron chi connectivity index (χ1n) is 21.2. The summed E-state index contributed by atoms with van der Waals surface area (Å²) < 4.78 is 28.7. The van der Waals surface area contributed by atoms with Crippen molar-refractivity contribution in [2.24, 2.45) is 11.8 Å². The van der Waals surface area contributed by atoms with E-state index in [9.17, 15) is 37.9 Å². The van der Waals surface area contributed by atoms with Crippen molar-refractivity contribution in [3.63, 3.8) is 0 Å². The van der Waals surface area contributed by atoms with Gasteiger partial charge in [0.15, 0.2) is 0 Å². The lowest BCUT2D eigenvalue weighted by Crippen LogP contribution is -2.54. The summed E-state index contributed by atoms with van der Waals surface area (Å²) in [5, 5.41) is 20.5. The fourth-order valence-corrected chi connectivity index (χ4v) is 10.4. The van der Waals surface area contributed by atoms with E-state index in [2.05, 4.69) is 25.8 Å². The summed E-state index contributed by atoms with van der Waals surface area (Å²) >= 11 is 1.59. The van der Waals surface area contributed by atoms with Crippen molar-refractivity contribution in [1.82, 2.24) is 25.1 Å². The van der Waals surface area contributed by atoms with Crippen LogP contribution in [0, 0.1) is 11.8 Å². The molecule has 13 nitrogen and oxygen atoms in total. The van der Waals surface area contributed by atoms with E-state index >= 15 is 0 Å². The van der Waals surface area contributed by atoms with Crippen LogP contribution in [-0.4, -0.2) is 86.6 Å². The number of fused-ring (bicyclic) bond motifs is 2. The number of carbonyl (C=O) groups excluding carboxylic acids is 5. The topological polar surface area (TPSA) is 174 Å². The number of hydrogen-bond donors (Lipinski definition) is 4. The van der Waals surface area contributed by atoms with Crippen LogP contribution in [0.1, 0.15) is 132 Å². The molecule has 2 aromatic carbocycles. The fraction of sp³-hybridized carbons (Fsp3) is 0.489.